The number of benzene rings is 1. The summed E-state index contributed by atoms with van der Waals surface area (Å²) in [5.74, 6) is 1.03. The second-order valence-electron chi connectivity index (χ2n) is 9.60. The quantitative estimate of drug-likeness (QED) is 0.449. The highest BCUT2D eigenvalue weighted by Crippen LogP contribution is 2.39. The molecule has 8 heteroatoms. The molecule has 1 N–H and O–H groups in total. The SMILES string of the molecule is COC(=O)N1c2ccc3c(nc(Cc4cnc5cc[nH]c5n4)n3C3CCCCC3)c2CC[C@@H]1C. The maximum atomic E-state index is 12.6. The van der Waals surface area contributed by atoms with Crippen molar-refractivity contribution in [1.29, 1.82) is 0 Å². The standard InChI is InChI=1S/C26H30N6O2/c1-16-8-9-19-21(31(16)26(33)34-2)10-11-22-24(19)30-23(32(22)18-6-4-3-5-7-18)14-17-15-28-20-12-13-27-25(20)29-17/h10-13,15-16,18H,3-9,14H2,1-2H3,(H,27,29)/t16-/m0/s1. The average Bonchev–Trinajstić information content (AvgIpc) is 3.48. The van der Waals surface area contributed by atoms with Crippen LogP contribution in [0.5, 0.6) is 0 Å². The van der Waals surface area contributed by atoms with Crippen molar-refractivity contribution >= 4 is 34.0 Å². The van der Waals surface area contributed by atoms with Crippen LogP contribution in [0.4, 0.5) is 10.5 Å². The van der Waals surface area contributed by atoms with E-state index in [1.807, 2.05) is 18.5 Å². The fourth-order valence-electron chi connectivity index (χ4n) is 5.80. The van der Waals surface area contributed by atoms with Crippen molar-refractivity contribution in [3.63, 3.8) is 0 Å². The highest BCUT2D eigenvalue weighted by atomic mass is 16.5. The molecule has 0 spiro atoms. The Morgan fingerprint density at radius 1 is 1.15 bits per heavy atom. The molecule has 1 amide bonds. The van der Waals surface area contributed by atoms with Crippen LogP contribution in [0, 0.1) is 0 Å². The van der Waals surface area contributed by atoms with Gasteiger partial charge in [-0.3, -0.25) is 9.88 Å². The summed E-state index contributed by atoms with van der Waals surface area (Å²) in [7, 11) is 1.44. The first-order valence-electron chi connectivity index (χ1n) is 12.3. The van der Waals surface area contributed by atoms with Crippen molar-refractivity contribution in [3.05, 3.63) is 47.7 Å². The summed E-state index contributed by atoms with van der Waals surface area (Å²) in [5, 5.41) is 0. The summed E-state index contributed by atoms with van der Waals surface area (Å²) >= 11 is 0. The molecule has 1 fully saturated rings. The molecule has 1 aromatic carbocycles. The number of ether oxygens (including phenoxy) is 1. The topological polar surface area (TPSA) is 88.9 Å². The molecule has 6 rings (SSSR count). The van der Waals surface area contributed by atoms with Crippen molar-refractivity contribution in [3.8, 4) is 0 Å². The van der Waals surface area contributed by atoms with Gasteiger partial charge in [-0.25, -0.2) is 14.8 Å². The van der Waals surface area contributed by atoms with Gasteiger partial charge in [0.25, 0.3) is 0 Å². The minimum Gasteiger partial charge on any atom is -0.452 e. The summed E-state index contributed by atoms with van der Waals surface area (Å²) in [6, 6.07) is 6.70. The molecule has 3 aromatic heterocycles. The molecule has 1 aliphatic carbocycles. The summed E-state index contributed by atoms with van der Waals surface area (Å²) in [6.45, 7) is 2.07. The molecule has 2 aliphatic rings. The van der Waals surface area contributed by atoms with Gasteiger partial charge in [-0.15, -0.1) is 0 Å². The Morgan fingerprint density at radius 2 is 2.00 bits per heavy atom. The van der Waals surface area contributed by atoms with Crippen LogP contribution in [-0.4, -0.2) is 43.7 Å². The number of aromatic amines is 1. The van der Waals surface area contributed by atoms with E-state index in [4.69, 9.17) is 14.7 Å². The number of H-pyrrole nitrogens is 1. The lowest BCUT2D eigenvalue weighted by Crippen LogP contribution is -2.42. The van der Waals surface area contributed by atoms with E-state index in [-0.39, 0.29) is 12.1 Å². The molecule has 0 unspecified atom stereocenters. The van der Waals surface area contributed by atoms with Crippen LogP contribution < -0.4 is 4.90 Å². The van der Waals surface area contributed by atoms with Crippen molar-refractivity contribution in [2.24, 2.45) is 0 Å². The minimum absolute atomic E-state index is 0.0973. The molecule has 0 saturated heterocycles. The van der Waals surface area contributed by atoms with E-state index in [0.29, 0.717) is 12.5 Å². The Hall–Kier alpha value is -3.42. The summed E-state index contributed by atoms with van der Waals surface area (Å²) in [6.07, 6.45) is 12.0. The van der Waals surface area contributed by atoms with E-state index in [1.54, 1.807) is 4.90 Å². The molecule has 8 nitrogen and oxygen atoms in total. The van der Waals surface area contributed by atoms with Gasteiger partial charge in [0, 0.05) is 36.5 Å². The number of nitrogens with zero attached hydrogens (tertiary/aromatic N) is 5. The molecule has 176 valence electrons. The third-order valence-corrected chi connectivity index (χ3v) is 7.49. The Balaban J connectivity index is 1.49. The second kappa shape index (κ2) is 8.42. The van der Waals surface area contributed by atoms with E-state index in [2.05, 4.69) is 33.6 Å². The predicted octanol–water partition coefficient (Wildman–Crippen LogP) is 5.31. The smallest absolute Gasteiger partial charge is 0.414 e. The number of aryl methyl sites for hydroxylation is 1. The number of anilines is 1. The first-order valence-corrected chi connectivity index (χ1v) is 12.3. The molecule has 4 heterocycles. The lowest BCUT2D eigenvalue weighted by molar-refractivity contribution is 0.175. The number of methoxy groups -OCH3 is 1. The predicted molar refractivity (Wildman–Crippen MR) is 131 cm³/mol. The van der Waals surface area contributed by atoms with Gasteiger partial charge in [0.05, 0.1) is 29.5 Å². The van der Waals surface area contributed by atoms with E-state index < -0.39 is 0 Å². The molecular formula is C26H30N6O2. The van der Waals surface area contributed by atoms with Crippen LogP contribution in [-0.2, 0) is 17.6 Å². The number of hydrogen-bond donors (Lipinski definition) is 1. The van der Waals surface area contributed by atoms with Gasteiger partial charge in [-0.2, -0.15) is 0 Å². The Kier molecular flexibility index (Phi) is 5.23. The van der Waals surface area contributed by atoms with E-state index >= 15 is 0 Å². The van der Waals surface area contributed by atoms with Gasteiger partial charge in [0.2, 0.25) is 0 Å². The number of rotatable bonds is 3. The van der Waals surface area contributed by atoms with Crippen LogP contribution in [0.15, 0.2) is 30.6 Å². The Bertz CT molecular complexity index is 1370. The zero-order valence-corrected chi connectivity index (χ0v) is 19.8. The third-order valence-electron chi connectivity index (χ3n) is 7.49. The van der Waals surface area contributed by atoms with Gasteiger partial charge in [0.15, 0.2) is 5.65 Å². The third kappa shape index (κ3) is 3.43. The maximum absolute atomic E-state index is 12.6. The molecule has 0 radical (unpaired) electrons. The molecule has 1 atom stereocenters. The molecule has 1 aliphatic heterocycles. The molecular weight excluding hydrogens is 428 g/mol. The van der Waals surface area contributed by atoms with Crippen LogP contribution in [0.3, 0.4) is 0 Å². The number of carbonyl (C=O) groups is 1. The number of imidazole rings is 1. The number of hydrogen-bond acceptors (Lipinski definition) is 5. The van der Waals surface area contributed by atoms with Gasteiger partial charge < -0.3 is 14.3 Å². The monoisotopic (exact) mass is 458 g/mol. The van der Waals surface area contributed by atoms with Crippen LogP contribution in [0.1, 0.15) is 68.6 Å². The number of aromatic nitrogens is 5. The average molecular weight is 459 g/mol. The van der Waals surface area contributed by atoms with Gasteiger partial charge in [-0.1, -0.05) is 19.3 Å². The Morgan fingerprint density at radius 3 is 2.82 bits per heavy atom. The Labute approximate surface area is 198 Å². The number of carbonyl (C=O) groups excluding carboxylic acids is 1. The minimum atomic E-state index is -0.311. The maximum Gasteiger partial charge on any atom is 0.414 e. The van der Waals surface area contributed by atoms with E-state index in [9.17, 15) is 4.79 Å². The van der Waals surface area contributed by atoms with Crippen molar-refractivity contribution < 1.29 is 9.53 Å². The largest absolute Gasteiger partial charge is 0.452 e. The summed E-state index contributed by atoms with van der Waals surface area (Å²) in [5.41, 5.74) is 6.81. The molecule has 34 heavy (non-hydrogen) atoms. The highest BCUT2D eigenvalue weighted by molar-refractivity contribution is 5.95. The van der Waals surface area contributed by atoms with Crippen molar-refractivity contribution in [1.82, 2.24) is 24.5 Å². The van der Waals surface area contributed by atoms with E-state index in [0.717, 1.165) is 57.8 Å². The number of amides is 1. The molecule has 1 saturated carbocycles. The number of fused-ring (bicyclic) bond motifs is 4. The summed E-state index contributed by atoms with van der Waals surface area (Å²) in [4.78, 5) is 32.1. The van der Waals surface area contributed by atoms with Crippen LogP contribution >= 0.6 is 0 Å². The summed E-state index contributed by atoms with van der Waals surface area (Å²) < 4.78 is 7.56. The lowest BCUT2D eigenvalue weighted by atomic mass is 9.94. The normalized spacial score (nSPS) is 19.0. The fourth-order valence-corrected chi connectivity index (χ4v) is 5.80. The van der Waals surface area contributed by atoms with Crippen molar-refractivity contribution in [2.75, 3.05) is 12.0 Å². The second-order valence-corrected chi connectivity index (χ2v) is 9.60. The highest BCUT2D eigenvalue weighted by Gasteiger charge is 2.32. The molecule has 4 aromatic rings. The fraction of sp³-hybridized carbons (Fsp3) is 0.462. The first kappa shape index (κ1) is 21.1. The first-order chi connectivity index (χ1) is 16.6. The number of nitrogens with one attached hydrogen (secondary N) is 1. The van der Waals surface area contributed by atoms with Gasteiger partial charge >= 0.3 is 6.09 Å². The van der Waals surface area contributed by atoms with Gasteiger partial charge in [0.1, 0.15) is 11.3 Å². The molecule has 0 bridgehead atoms. The van der Waals surface area contributed by atoms with Crippen molar-refractivity contribution in [2.45, 2.75) is 70.4 Å². The van der Waals surface area contributed by atoms with E-state index in [1.165, 1.54) is 39.2 Å². The zero-order chi connectivity index (χ0) is 23.2. The van der Waals surface area contributed by atoms with Gasteiger partial charge in [-0.05, 0) is 50.8 Å². The van der Waals surface area contributed by atoms with Crippen LogP contribution in [0.2, 0.25) is 0 Å². The zero-order valence-electron chi connectivity index (χ0n) is 19.8. The lowest BCUT2D eigenvalue weighted by Gasteiger charge is -2.34. The van der Waals surface area contributed by atoms with Crippen LogP contribution in [0.25, 0.3) is 22.2 Å².